The maximum absolute atomic E-state index is 3.74. The van der Waals surface area contributed by atoms with Crippen LogP contribution < -0.4 is 5.32 Å². The summed E-state index contributed by atoms with van der Waals surface area (Å²) >= 11 is 0. The van der Waals surface area contributed by atoms with Gasteiger partial charge >= 0.3 is 0 Å². The zero-order valence-corrected chi connectivity index (χ0v) is 9.84. The molecule has 0 spiro atoms. The van der Waals surface area contributed by atoms with Gasteiger partial charge in [0.25, 0.3) is 0 Å². The molecule has 2 atom stereocenters. The van der Waals surface area contributed by atoms with Crippen LogP contribution in [0.2, 0.25) is 0 Å². The lowest BCUT2D eigenvalue weighted by Crippen LogP contribution is -2.42. The molecule has 0 radical (unpaired) electrons. The van der Waals surface area contributed by atoms with Crippen LogP contribution in [0.3, 0.4) is 0 Å². The molecule has 1 saturated carbocycles. The minimum atomic E-state index is 0.629. The van der Waals surface area contributed by atoms with E-state index < -0.39 is 0 Å². The van der Waals surface area contributed by atoms with Crippen LogP contribution in [0.1, 0.15) is 39.5 Å². The Hall–Kier alpha value is -0.0800. The van der Waals surface area contributed by atoms with E-state index in [2.05, 4.69) is 31.1 Å². The lowest BCUT2D eigenvalue weighted by atomic mass is 9.70. The summed E-state index contributed by atoms with van der Waals surface area (Å²) in [5.74, 6) is 0. The molecule has 0 amide bonds. The fourth-order valence-electron chi connectivity index (χ4n) is 2.69. The Morgan fingerprint density at radius 3 is 2.57 bits per heavy atom. The lowest BCUT2D eigenvalue weighted by molar-refractivity contribution is 0.151. The van der Waals surface area contributed by atoms with Crippen LogP contribution in [0.25, 0.3) is 0 Å². The average Bonchev–Trinajstić information content (AvgIpc) is 2.40. The van der Waals surface area contributed by atoms with Crippen molar-refractivity contribution >= 4 is 0 Å². The predicted molar refractivity (Wildman–Crippen MR) is 60.5 cm³/mol. The average molecular weight is 196 g/mol. The second-order valence-electron chi connectivity index (χ2n) is 5.77. The van der Waals surface area contributed by atoms with Crippen molar-refractivity contribution in [2.45, 2.75) is 51.6 Å². The van der Waals surface area contributed by atoms with Gasteiger partial charge < -0.3 is 10.2 Å². The third-order valence-electron chi connectivity index (χ3n) is 4.26. The van der Waals surface area contributed by atoms with E-state index in [1.54, 1.807) is 0 Å². The molecule has 1 aliphatic heterocycles. The molecule has 1 saturated heterocycles. The highest BCUT2D eigenvalue weighted by molar-refractivity contribution is 4.90. The molecule has 0 bridgehead atoms. The van der Waals surface area contributed by atoms with Crippen molar-refractivity contribution in [2.75, 3.05) is 20.1 Å². The van der Waals surface area contributed by atoms with Crippen LogP contribution in [-0.2, 0) is 0 Å². The first-order chi connectivity index (χ1) is 6.59. The van der Waals surface area contributed by atoms with Gasteiger partial charge in [0.15, 0.2) is 0 Å². The monoisotopic (exact) mass is 196 g/mol. The van der Waals surface area contributed by atoms with Gasteiger partial charge in [0.05, 0.1) is 0 Å². The van der Waals surface area contributed by atoms with Crippen molar-refractivity contribution < 1.29 is 0 Å². The van der Waals surface area contributed by atoms with E-state index in [1.165, 1.54) is 38.8 Å². The summed E-state index contributed by atoms with van der Waals surface area (Å²) in [6.07, 6.45) is 5.63. The molecule has 2 nitrogen and oxygen atoms in total. The molecule has 1 aliphatic carbocycles. The Bertz CT molecular complexity index is 188. The van der Waals surface area contributed by atoms with Crippen molar-refractivity contribution in [1.29, 1.82) is 0 Å². The van der Waals surface area contributed by atoms with Crippen LogP contribution in [0, 0.1) is 5.41 Å². The zero-order chi connectivity index (χ0) is 10.2. The highest BCUT2D eigenvalue weighted by Crippen LogP contribution is 2.39. The minimum Gasteiger partial charge on any atom is -0.312 e. The largest absolute Gasteiger partial charge is 0.312 e. The van der Waals surface area contributed by atoms with Crippen molar-refractivity contribution in [3.05, 3.63) is 0 Å². The standard InChI is InChI=1S/C12H24N2/c1-10-7-11(8-14(10)3)13-9-12(2)5-4-6-12/h10-11,13H,4-9H2,1-3H3. The molecular formula is C12H24N2. The van der Waals surface area contributed by atoms with Crippen molar-refractivity contribution in [2.24, 2.45) is 5.41 Å². The highest BCUT2D eigenvalue weighted by atomic mass is 15.2. The molecule has 0 aromatic heterocycles. The van der Waals surface area contributed by atoms with Gasteiger partial charge in [0, 0.05) is 25.2 Å². The third kappa shape index (κ3) is 2.12. The number of rotatable bonds is 3. The van der Waals surface area contributed by atoms with Crippen molar-refractivity contribution in [3.8, 4) is 0 Å². The lowest BCUT2D eigenvalue weighted by Gasteiger charge is -2.39. The van der Waals surface area contributed by atoms with Gasteiger partial charge in [-0.25, -0.2) is 0 Å². The van der Waals surface area contributed by atoms with Gasteiger partial charge in [-0.3, -0.25) is 0 Å². The van der Waals surface area contributed by atoms with E-state index in [-0.39, 0.29) is 0 Å². The number of nitrogens with one attached hydrogen (secondary N) is 1. The predicted octanol–water partition coefficient (Wildman–Crippen LogP) is 1.86. The Balaban J connectivity index is 1.71. The molecule has 14 heavy (non-hydrogen) atoms. The summed E-state index contributed by atoms with van der Waals surface area (Å²) < 4.78 is 0. The molecule has 2 rings (SSSR count). The van der Waals surface area contributed by atoms with Gasteiger partial charge in [-0.15, -0.1) is 0 Å². The maximum Gasteiger partial charge on any atom is 0.0210 e. The molecule has 2 aliphatic rings. The Labute approximate surface area is 88.1 Å². The number of likely N-dealkylation sites (tertiary alicyclic amines) is 1. The SMILES string of the molecule is CC1CC(NCC2(C)CCC2)CN1C. The Morgan fingerprint density at radius 1 is 1.43 bits per heavy atom. The second-order valence-corrected chi connectivity index (χ2v) is 5.77. The van der Waals surface area contributed by atoms with Gasteiger partial charge in [0.1, 0.15) is 0 Å². The van der Waals surface area contributed by atoms with Crippen molar-refractivity contribution in [1.82, 2.24) is 10.2 Å². The Morgan fingerprint density at radius 2 is 2.14 bits per heavy atom. The van der Waals surface area contributed by atoms with Crippen LogP contribution in [0.4, 0.5) is 0 Å². The van der Waals surface area contributed by atoms with E-state index in [0.29, 0.717) is 5.41 Å². The third-order valence-corrected chi connectivity index (χ3v) is 4.26. The van der Waals surface area contributed by atoms with Crippen LogP contribution >= 0.6 is 0 Å². The first-order valence-corrected chi connectivity index (χ1v) is 6.03. The molecule has 2 heteroatoms. The molecule has 2 unspecified atom stereocenters. The number of hydrogen-bond acceptors (Lipinski definition) is 2. The number of nitrogens with zero attached hydrogens (tertiary/aromatic N) is 1. The van der Waals surface area contributed by atoms with Gasteiger partial charge in [0.2, 0.25) is 0 Å². The molecule has 82 valence electrons. The summed E-state index contributed by atoms with van der Waals surface area (Å²) in [7, 11) is 2.23. The maximum atomic E-state index is 3.74. The van der Waals surface area contributed by atoms with E-state index in [1.807, 2.05) is 0 Å². The summed E-state index contributed by atoms with van der Waals surface area (Å²) in [6.45, 7) is 7.22. The number of likely N-dealkylation sites (N-methyl/N-ethyl adjacent to an activating group) is 1. The van der Waals surface area contributed by atoms with E-state index in [9.17, 15) is 0 Å². The molecule has 2 fully saturated rings. The van der Waals surface area contributed by atoms with Gasteiger partial charge in [-0.05, 0) is 38.6 Å². The summed E-state index contributed by atoms with van der Waals surface area (Å²) in [6, 6.07) is 1.51. The van der Waals surface area contributed by atoms with Crippen LogP contribution in [0.15, 0.2) is 0 Å². The molecular weight excluding hydrogens is 172 g/mol. The highest BCUT2D eigenvalue weighted by Gasteiger charge is 2.33. The number of hydrogen-bond donors (Lipinski definition) is 1. The molecule has 1 N–H and O–H groups in total. The molecule has 0 aromatic carbocycles. The van der Waals surface area contributed by atoms with Crippen LogP contribution in [0.5, 0.6) is 0 Å². The minimum absolute atomic E-state index is 0.629. The van der Waals surface area contributed by atoms with Gasteiger partial charge in [-0.2, -0.15) is 0 Å². The molecule has 0 aromatic rings. The molecule has 1 heterocycles. The summed E-state index contributed by atoms with van der Waals surface area (Å²) in [5.41, 5.74) is 0.629. The first kappa shape index (κ1) is 10.4. The fraction of sp³-hybridized carbons (Fsp3) is 1.00. The van der Waals surface area contributed by atoms with Crippen molar-refractivity contribution in [3.63, 3.8) is 0 Å². The summed E-state index contributed by atoms with van der Waals surface area (Å²) in [4.78, 5) is 2.46. The second kappa shape index (κ2) is 3.82. The summed E-state index contributed by atoms with van der Waals surface area (Å²) in [5, 5.41) is 3.74. The van der Waals surface area contributed by atoms with E-state index in [4.69, 9.17) is 0 Å². The Kier molecular flexibility index (Phi) is 2.85. The van der Waals surface area contributed by atoms with E-state index >= 15 is 0 Å². The topological polar surface area (TPSA) is 15.3 Å². The van der Waals surface area contributed by atoms with Gasteiger partial charge in [-0.1, -0.05) is 13.3 Å². The normalized spacial score (nSPS) is 37.1. The van der Waals surface area contributed by atoms with Crippen LogP contribution in [-0.4, -0.2) is 37.1 Å². The quantitative estimate of drug-likeness (QED) is 0.741. The fourth-order valence-corrected chi connectivity index (χ4v) is 2.69. The smallest absolute Gasteiger partial charge is 0.0210 e. The zero-order valence-electron chi connectivity index (χ0n) is 9.84. The van der Waals surface area contributed by atoms with E-state index in [0.717, 1.165) is 12.1 Å². The first-order valence-electron chi connectivity index (χ1n) is 6.03.